The van der Waals surface area contributed by atoms with Gasteiger partial charge in [0.25, 0.3) is 0 Å². The predicted molar refractivity (Wildman–Crippen MR) is 107 cm³/mol. The van der Waals surface area contributed by atoms with Gasteiger partial charge in [-0.15, -0.1) is 0 Å². The summed E-state index contributed by atoms with van der Waals surface area (Å²) < 4.78 is 38.2. The SMILES string of the molecule is O=C(Cc1ccc(Nc2ccnc(C(F)(F)F)c2)cc1)N/N=C/c1ccccc1O. The van der Waals surface area contributed by atoms with E-state index in [1.165, 1.54) is 18.3 Å². The largest absolute Gasteiger partial charge is 0.507 e. The van der Waals surface area contributed by atoms with Gasteiger partial charge in [0.2, 0.25) is 5.91 Å². The highest BCUT2D eigenvalue weighted by atomic mass is 19.4. The van der Waals surface area contributed by atoms with Crippen LogP contribution in [-0.2, 0) is 17.4 Å². The van der Waals surface area contributed by atoms with Gasteiger partial charge in [0.15, 0.2) is 0 Å². The highest BCUT2D eigenvalue weighted by molar-refractivity contribution is 5.85. The van der Waals surface area contributed by atoms with E-state index in [1.54, 1.807) is 42.5 Å². The summed E-state index contributed by atoms with van der Waals surface area (Å²) in [5.74, 6) is -0.304. The Bertz CT molecular complexity index is 1050. The van der Waals surface area contributed by atoms with Crippen molar-refractivity contribution in [2.45, 2.75) is 12.6 Å². The van der Waals surface area contributed by atoms with Crippen LogP contribution >= 0.6 is 0 Å². The number of hydrazone groups is 1. The van der Waals surface area contributed by atoms with Gasteiger partial charge >= 0.3 is 6.18 Å². The lowest BCUT2D eigenvalue weighted by Crippen LogP contribution is -2.19. The summed E-state index contributed by atoms with van der Waals surface area (Å²) in [6, 6.07) is 15.6. The van der Waals surface area contributed by atoms with Gasteiger partial charge in [0.05, 0.1) is 12.6 Å². The van der Waals surface area contributed by atoms with Crippen LogP contribution in [0.15, 0.2) is 72.0 Å². The minimum Gasteiger partial charge on any atom is -0.507 e. The van der Waals surface area contributed by atoms with Gasteiger partial charge in [-0.05, 0) is 42.0 Å². The summed E-state index contributed by atoms with van der Waals surface area (Å²) in [4.78, 5) is 15.3. The van der Waals surface area contributed by atoms with E-state index in [2.05, 4.69) is 20.8 Å². The number of pyridine rings is 1. The van der Waals surface area contributed by atoms with Crippen LogP contribution in [0, 0.1) is 0 Å². The van der Waals surface area contributed by atoms with Crippen LogP contribution < -0.4 is 10.7 Å². The summed E-state index contributed by atoms with van der Waals surface area (Å²) in [6.45, 7) is 0. The summed E-state index contributed by atoms with van der Waals surface area (Å²) in [6.07, 6.45) is -2.04. The van der Waals surface area contributed by atoms with E-state index < -0.39 is 11.9 Å². The molecule has 3 aromatic rings. The van der Waals surface area contributed by atoms with Gasteiger partial charge in [0.1, 0.15) is 11.4 Å². The lowest BCUT2D eigenvalue weighted by Gasteiger charge is -2.10. The zero-order valence-electron chi connectivity index (χ0n) is 15.5. The zero-order valence-corrected chi connectivity index (χ0v) is 15.5. The Morgan fingerprint density at radius 1 is 1.07 bits per heavy atom. The number of nitrogens with zero attached hydrogens (tertiary/aromatic N) is 2. The second-order valence-electron chi connectivity index (χ2n) is 6.28. The molecule has 0 aliphatic rings. The average Bonchev–Trinajstić information content (AvgIpc) is 2.70. The minimum absolute atomic E-state index is 0.0511. The van der Waals surface area contributed by atoms with Gasteiger partial charge in [0, 0.05) is 23.1 Å². The van der Waals surface area contributed by atoms with Crippen molar-refractivity contribution in [3.8, 4) is 5.75 Å². The van der Waals surface area contributed by atoms with E-state index in [1.807, 2.05) is 0 Å². The molecule has 1 heterocycles. The third-order valence-corrected chi connectivity index (χ3v) is 3.99. The Balaban J connectivity index is 1.55. The molecule has 1 amide bonds. The summed E-state index contributed by atoms with van der Waals surface area (Å²) in [5, 5.41) is 16.3. The van der Waals surface area contributed by atoms with Crippen molar-refractivity contribution in [3.05, 3.63) is 83.7 Å². The molecule has 0 unspecified atom stereocenters. The maximum absolute atomic E-state index is 12.7. The van der Waals surface area contributed by atoms with Gasteiger partial charge in [-0.3, -0.25) is 9.78 Å². The van der Waals surface area contributed by atoms with Crippen molar-refractivity contribution in [1.29, 1.82) is 0 Å². The lowest BCUT2D eigenvalue weighted by atomic mass is 10.1. The molecule has 2 aromatic carbocycles. The Hall–Kier alpha value is -3.88. The molecule has 0 fully saturated rings. The lowest BCUT2D eigenvalue weighted by molar-refractivity contribution is -0.141. The summed E-state index contributed by atoms with van der Waals surface area (Å²) in [5.41, 5.74) is 3.37. The first-order chi connectivity index (χ1) is 14.3. The number of aromatic hydroxyl groups is 1. The molecule has 0 aliphatic carbocycles. The molecular formula is C21H17F3N4O2. The fourth-order valence-electron chi connectivity index (χ4n) is 2.53. The van der Waals surface area contributed by atoms with E-state index in [9.17, 15) is 23.1 Å². The molecule has 0 atom stereocenters. The van der Waals surface area contributed by atoms with E-state index in [4.69, 9.17) is 0 Å². The number of halogens is 3. The number of phenols is 1. The van der Waals surface area contributed by atoms with Gasteiger partial charge < -0.3 is 10.4 Å². The van der Waals surface area contributed by atoms with Crippen molar-refractivity contribution in [2.24, 2.45) is 5.10 Å². The van der Waals surface area contributed by atoms with E-state index >= 15 is 0 Å². The highest BCUT2D eigenvalue weighted by Gasteiger charge is 2.32. The van der Waals surface area contributed by atoms with E-state index in [0.29, 0.717) is 16.8 Å². The Labute approximate surface area is 170 Å². The molecule has 30 heavy (non-hydrogen) atoms. The molecule has 1 aromatic heterocycles. The van der Waals surface area contributed by atoms with Crippen molar-refractivity contribution >= 4 is 23.5 Å². The van der Waals surface area contributed by atoms with E-state index in [-0.39, 0.29) is 23.8 Å². The third-order valence-electron chi connectivity index (χ3n) is 3.99. The molecule has 3 rings (SSSR count). The topological polar surface area (TPSA) is 86.6 Å². The number of nitrogens with one attached hydrogen (secondary N) is 2. The minimum atomic E-state index is -4.52. The first-order valence-corrected chi connectivity index (χ1v) is 8.80. The van der Waals surface area contributed by atoms with Crippen molar-refractivity contribution in [2.75, 3.05) is 5.32 Å². The van der Waals surface area contributed by atoms with Gasteiger partial charge in [-0.1, -0.05) is 24.3 Å². The molecule has 0 radical (unpaired) electrons. The number of amides is 1. The smallest absolute Gasteiger partial charge is 0.433 e. The molecule has 0 saturated heterocycles. The molecule has 0 aliphatic heterocycles. The molecule has 0 saturated carbocycles. The number of carbonyl (C=O) groups excluding carboxylic acids is 1. The van der Waals surface area contributed by atoms with Crippen LogP contribution in [0.25, 0.3) is 0 Å². The van der Waals surface area contributed by atoms with Crippen molar-refractivity contribution in [3.63, 3.8) is 0 Å². The first-order valence-electron chi connectivity index (χ1n) is 8.80. The maximum atomic E-state index is 12.7. The third kappa shape index (κ3) is 5.81. The molecule has 3 N–H and O–H groups in total. The summed E-state index contributed by atoms with van der Waals surface area (Å²) in [7, 11) is 0. The number of phenolic OH excluding ortho intramolecular Hbond substituents is 1. The van der Waals surface area contributed by atoms with Crippen LogP contribution in [0.5, 0.6) is 5.75 Å². The number of alkyl halides is 3. The monoisotopic (exact) mass is 414 g/mol. The number of hydrogen-bond acceptors (Lipinski definition) is 5. The molecule has 9 heteroatoms. The number of benzene rings is 2. The maximum Gasteiger partial charge on any atom is 0.433 e. The fourth-order valence-corrected chi connectivity index (χ4v) is 2.53. The Morgan fingerprint density at radius 3 is 2.50 bits per heavy atom. The zero-order chi connectivity index (χ0) is 21.6. The van der Waals surface area contributed by atoms with Crippen LogP contribution in [-0.4, -0.2) is 22.2 Å². The Morgan fingerprint density at radius 2 is 1.80 bits per heavy atom. The predicted octanol–water partition coefficient (Wildman–Crippen LogP) is 4.24. The standard InChI is InChI=1S/C21H17F3N4O2/c22-21(23,24)19-12-17(9-10-25-19)27-16-7-5-14(6-8-16)11-20(30)28-26-13-15-3-1-2-4-18(15)29/h1-10,12-13,29H,11H2,(H,25,27)(H,28,30)/b26-13+. The number of para-hydroxylation sites is 1. The van der Waals surface area contributed by atoms with Crippen LogP contribution in [0.2, 0.25) is 0 Å². The molecule has 0 spiro atoms. The number of aromatic nitrogens is 1. The van der Waals surface area contributed by atoms with Gasteiger partial charge in [-0.2, -0.15) is 18.3 Å². The molecular weight excluding hydrogens is 397 g/mol. The number of anilines is 2. The number of hydrogen-bond donors (Lipinski definition) is 3. The second kappa shape index (κ2) is 9.08. The van der Waals surface area contributed by atoms with E-state index in [0.717, 1.165) is 12.3 Å². The molecule has 6 nitrogen and oxygen atoms in total. The van der Waals surface area contributed by atoms with Crippen LogP contribution in [0.4, 0.5) is 24.5 Å². The molecule has 0 bridgehead atoms. The highest BCUT2D eigenvalue weighted by Crippen LogP contribution is 2.29. The van der Waals surface area contributed by atoms with Crippen LogP contribution in [0.1, 0.15) is 16.8 Å². The molecule has 154 valence electrons. The second-order valence-corrected chi connectivity index (χ2v) is 6.28. The van der Waals surface area contributed by atoms with Gasteiger partial charge in [-0.25, -0.2) is 5.43 Å². The van der Waals surface area contributed by atoms with Crippen molar-refractivity contribution < 1.29 is 23.1 Å². The van der Waals surface area contributed by atoms with Crippen LogP contribution in [0.3, 0.4) is 0 Å². The quantitative estimate of drug-likeness (QED) is 0.416. The number of carbonyl (C=O) groups is 1. The Kier molecular flexibility index (Phi) is 6.31. The summed E-state index contributed by atoms with van der Waals surface area (Å²) >= 11 is 0. The van der Waals surface area contributed by atoms with Crippen molar-refractivity contribution in [1.82, 2.24) is 10.4 Å². The first kappa shape index (κ1) is 20.8. The number of rotatable bonds is 6. The fraction of sp³-hybridized carbons (Fsp3) is 0.0952. The average molecular weight is 414 g/mol. The normalized spacial score (nSPS) is 11.4.